The zero-order chi connectivity index (χ0) is 30.2. The minimum Gasteiger partial charge on any atom is -0.338 e. The summed E-state index contributed by atoms with van der Waals surface area (Å²) in [4.78, 5) is 36.3. The molecule has 6 nitrogen and oxygen atoms in total. The van der Waals surface area contributed by atoms with Crippen molar-refractivity contribution in [2.75, 3.05) is 32.9 Å². The highest BCUT2D eigenvalue weighted by molar-refractivity contribution is 6.39. The average molecular weight is 612 g/mol. The van der Waals surface area contributed by atoms with Crippen LogP contribution in [0.1, 0.15) is 69.3 Å². The van der Waals surface area contributed by atoms with Crippen LogP contribution in [-0.4, -0.2) is 82.1 Å². The van der Waals surface area contributed by atoms with Gasteiger partial charge in [-0.2, -0.15) is 0 Å². The summed E-state index contributed by atoms with van der Waals surface area (Å²) in [6.07, 6.45) is 5.60. The number of halogens is 4. The van der Waals surface area contributed by atoms with Crippen LogP contribution < -0.4 is 0 Å². The van der Waals surface area contributed by atoms with Crippen molar-refractivity contribution < 1.29 is 18.4 Å². The number of benzene rings is 1. The number of carbonyl (C=O) groups excluding carboxylic acids is 2. The van der Waals surface area contributed by atoms with Gasteiger partial charge in [-0.3, -0.25) is 23.9 Å². The van der Waals surface area contributed by atoms with E-state index in [4.69, 9.17) is 23.2 Å². The van der Waals surface area contributed by atoms with E-state index < -0.39 is 18.8 Å². The van der Waals surface area contributed by atoms with Gasteiger partial charge in [0, 0.05) is 56.7 Å². The van der Waals surface area contributed by atoms with Gasteiger partial charge < -0.3 is 9.80 Å². The molecule has 0 N–H and O–H groups in total. The number of carbonyl (C=O) groups is 2. The Morgan fingerprint density at radius 2 is 1.56 bits per heavy atom. The number of pyridine rings is 1. The van der Waals surface area contributed by atoms with E-state index in [1.54, 1.807) is 6.92 Å². The molecule has 0 saturated carbocycles. The number of aromatic nitrogens is 1. The Bertz CT molecular complexity index is 1120. The largest absolute Gasteiger partial charge is 0.338 e. The van der Waals surface area contributed by atoms with Gasteiger partial charge in [-0.1, -0.05) is 60.5 Å². The van der Waals surface area contributed by atoms with Crippen molar-refractivity contribution in [3.63, 3.8) is 0 Å². The molecular formula is C31H42Cl2F2N4O2. The van der Waals surface area contributed by atoms with Crippen molar-refractivity contribution in [1.29, 1.82) is 0 Å². The molecule has 2 amide bonds. The maximum atomic E-state index is 13.4. The minimum absolute atomic E-state index is 0.0336. The summed E-state index contributed by atoms with van der Waals surface area (Å²) in [6, 6.07) is 9.99. The molecular weight excluding hydrogens is 569 g/mol. The van der Waals surface area contributed by atoms with E-state index in [0.29, 0.717) is 25.2 Å². The van der Waals surface area contributed by atoms with Crippen molar-refractivity contribution in [2.24, 2.45) is 5.92 Å². The maximum absolute atomic E-state index is 13.4. The minimum atomic E-state index is -0.667. The molecule has 1 aromatic heterocycles. The molecule has 1 aromatic carbocycles. The van der Waals surface area contributed by atoms with Crippen LogP contribution in [0.5, 0.6) is 0 Å². The van der Waals surface area contributed by atoms with Crippen LogP contribution in [0.2, 0.25) is 10.0 Å². The molecule has 2 aliphatic rings. The van der Waals surface area contributed by atoms with Crippen LogP contribution in [0.4, 0.5) is 8.78 Å². The van der Waals surface area contributed by atoms with E-state index in [1.807, 2.05) is 40.1 Å². The van der Waals surface area contributed by atoms with Gasteiger partial charge in [0.1, 0.15) is 6.67 Å². The Hall–Kier alpha value is -2.29. The summed E-state index contributed by atoms with van der Waals surface area (Å²) >= 11 is 12.4. The molecule has 41 heavy (non-hydrogen) atoms. The number of amides is 2. The normalized spacial score (nSPS) is 18.4. The first kappa shape index (κ1) is 33.2. The van der Waals surface area contributed by atoms with Crippen LogP contribution in [0.25, 0.3) is 0 Å². The zero-order valence-electron chi connectivity index (χ0n) is 24.5. The van der Waals surface area contributed by atoms with Gasteiger partial charge in [0.25, 0.3) is 5.91 Å². The van der Waals surface area contributed by atoms with Gasteiger partial charge in [-0.25, -0.2) is 4.39 Å². The highest BCUT2D eigenvalue weighted by Gasteiger charge is 2.40. The van der Waals surface area contributed by atoms with Crippen LogP contribution >= 0.6 is 23.2 Å². The first-order chi connectivity index (χ1) is 19.5. The first-order valence-corrected chi connectivity index (χ1v) is 15.1. The van der Waals surface area contributed by atoms with Gasteiger partial charge >= 0.3 is 0 Å². The Labute approximate surface area is 253 Å². The molecule has 0 spiro atoms. The lowest BCUT2D eigenvalue weighted by Gasteiger charge is -2.50. The summed E-state index contributed by atoms with van der Waals surface area (Å²) in [5, 5.41) is 0.536. The topological polar surface area (TPSA) is 56.8 Å². The lowest BCUT2D eigenvalue weighted by atomic mass is 9.85. The fraction of sp³-hybridized carbons (Fsp3) is 0.581. The molecule has 226 valence electrons. The van der Waals surface area contributed by atoms with Gasteiger partial charge in [0.15, 0.2) is 0 Å². The van der Waals surface area contributed by atoms with E-state index >= 15 is 0 Å². The fourth-order valence-electron chi connectivity index (χ4n) is 5.52. The van der Waals surface area contributed by atoms with Crippen molar-refractivity contribution in [1.82, 2.24) is 19.7 Å². The quantitative estimate of drug-likeness (QED) is 0.344. The Balaban J connectivity index is 0.00000108. The molecule has 2 aromatic rings. The predicted molar refractivity (Wildman–Crippen MR) is 161 cm³/mol. The SMILES string of the molecule is CC(C)F.CC(CF)C(=O)N(Cc1ccccc1)C1CCN(C2(C)CCN(C(=O)c3c(Cl)cncc3Cl)CC2)CC1. The second-order valence-corrected chi connectivity index (χ2v) is 12.3. The third-order valence-electron chi connectivity index (χ3n) is 8.00. The molecule has 2 saturated heterocycles. The standard InChI is InChI=1S/C28H35Cl2FN4O2.C3H7F/c1-20(16-31)26(36)35(19-21-6-4-3-5-7-21)22-8-12-34(13-9-22)28(2)10-14-33(15-11-28)27(37)25-23(29)17-32-18-24(25)30;1-3(2)4/h3-7,17-18,20,22H,8-16,19H2,1-2H3;3H,1-2H3. The van der Waals surface area contributed by atoms with E-state index in [1.165, 1.54) is 26.2 Å². The summed E-state index contributed by atoms with van der Waals surface area (Å²) in [5.41, 5.74) is 1.34. The highest BCUT2D eigenvalue weighted by Crippen LogP contribution is 2.34. The van der Waals surface area contributed by atoms with E-state index in [0.717, 1.165) is 44.3 Å². The Morgan fingerprint density at radius 3 is 2.07 bits per heavy atom. The van der Waals surface area contributed by atoms with E-state index in [2.05, 4.69) is 16.8 Å². The third kappa shape index (κ3) is 8.85. The molecule has 0 aliphatic carbocycles. The molecule has 1 unspecified atom stereocenters. The van der Waals surface area contributed by atoms with Crippen molar-refractivity contribution in [2.45, 2.75) is 77.7 Å². The van der Waals surface area contributed by atoms with Crippen molar-refractivity contribution >= 4 is 35.0 Å². The highest BCUT2D eigenvalue weighted by atomic mass is 35.5. The summed E-state index contributed by atoms with van der Waals surface area (Å²) in [7, 11) is 0. The Morgan fingerprint density at radius 1 is 1.02 bits per heavy atom. The Kier molecular flexibility index (Phi) is 12.4. The number of rotatable bonds is 7. The van der Waals surface area contributed by atoms with Crippen LogP contribution in [-0.2, 0) is 11.3 Å². The van der Waals surface area contributed by atoms with Crippen LogP contribution in [0.15, 0.2) is 42.7 Å². The van der Waals surface area contributed by atoms with Gasteiger partial charge in [0.2, 0.25) is 5.91 Å². The lowest BCUT2D eigenvalue weighted by Crippen LogP contribution is -2.58. The molecule has 2 fully saturated rings. The summed E-state index contributed by atoms with van der Waals surface area (Å²) < 4.78 is 24.4. The number of nitrogens with zero attached hydrogens (tertiary/aromatic N) is 4. The molecule has 2 aliphatic heterocycles. The van der Waals surface area contributed by atoms with Gasteiger partial charge in [-0.05, 0) is 52.0 Å². The second-order valence-electron chi connectivity index (χ2n) is 11.5. The summed E-state index contributed by atoms with van der Waals surface area (Å²) in [6.45, 7) is 9.75. The van der Waals surface area contributed by atoms with Crippen LogP contribution in [0, 0.1) is 5.92 Å². The number of hydrogen-bond donors (Lipinski definition) is 0. The van der Waals surface area contributed by atoms with Gasteiger partial charge in [0.05, 0.1) is 27.7 Å². The van der Waals surface area contributed by atoms with Crippen molar-refractivity contribution in [3.05, 3.63) is 63.9 Å². The zero-order valence-corrected chi connectivity index (χ0v) is 26.0. The lowest BCUT2D eigenvalue weighted by molar-refractivity contribution is -0.140. The van der Waals surface area contributed by atoms with Gasteiger partial charge in [-0.15, -0.1) is 0 Å². The number of likely N-dealkylation sites (tertiary alicyclic amines) is 2. The average Bonchev–Trinajstić information content (AvgIpc) is 2.95. The molecule has 3 heterocycles. The molecule has 0 bridgehead atoms. The first-order valence-electron chi connectivity index (χ1n) is 14.3. The van der Waals surface area contributed by atoms with E-state index in [-0.39, 0.29) is 33.4 Å². The monoisotopic (exact) mass is 610 g/mol. The molecule has 4 rings (SSSR count). The van der Waals surface area contributed by atoms with E-state index in [9.17, 15) is 18.4 Å². The second kappa shape index (κ2) is 15.3. The fourth-order valence-corrected chi connectivity index (χ4v) is 6.04. The number of piperidine rings is 2. The molecule has 1 atom stereocenters. The number of alkyl halides is 2. The summed E-state index contributed by atoms with van der Waals surface area (Å²) in [5.74, 6) is -0.907. The maximum Gasteiger partial charge on any atom is 0.257 e. The molecule has 10 heteroatoms. The van der Waals surface area contributed by atoms with Crippen molar-refractivity contribution in [3.8, 4) is 0 Å². The predicted octanol–water partition coefficient (Wildman–Crippen LogP) is 6.85. The number of hydrogen-bond acceptors (Lipinski definition) is 4. The molecule has 0 radical (unpaired) electrons. The van der Waals surface area contributed by atoms with Crippen LogP contribution in [0.3, 0.4) is 0 Å². The smallest absolute Gasteiger partial charge is 0.257 e. The third-order valence-corrected chi connectivity index (χ3v) is 8.57.